The maximum atomic E-state index is 5.44. The Morgan fingerprint density at radius 3 is 2.67 bits per heavy atom. The fraction of sp³-hybridized carbons (Fsp3) is 0.929. The van der Waals surface area contributed by atoms with E-state index in [1.807, 2.05) is 11.8 Å². The second-order valence-electron chi connectivity index (χ2n) is 6.45. The number of nitrogens with zero attached hydrogens (tertiary/aromatic N) is 1. The van der Waals surface area contributed by atoms with Crippen LogP contribution in [0.4, 0.5) is 0 Å². The highest BCUT2D eigenvalue weighted by Gasteiger charge is 2.39. The number of rotatable bonds is 2. The maximum Gasteiger partial charge on any atom is 0.157 e. The normalized spacial score (nSPS) is 31.9. The second-order valence-corrected chi connectivity index (χ2v) is 7.41. The van der Waals surface area contributed by atoms with Crippen LogP contribution in [-0.2, 0) is 4.74 Å². The zero-order chi connectivity index (χ0) is 12.5. The van der Waals surface area contributed by atoms with Crippen LogP contribution >= 0.6 is 11.8 Å². The van der Waals surface area contributed by atoms with Gasteiger partial charge in [0.2, 0.25) is 0 Å². The van der Waals surface area contributed by atoms with Gasteiger partial charge in [0.15, 0.2) is 5.17 Å². The van der Waals surface area contributed by atoms with Crippen molar-refractivity contribution in [1.82, 2.24) is 5.32 Å². The molecule has 1 saturated carbocycles. The lowest BCUT2D eigenvalue weighted by Crippen LogP contribution is -2.41. The highest BCUT2D eigenvalue weighted by atomic mass is 32.2. The average molecular weight is 268 g/mol. The van der Waals surface area contributed by atoms with Gasteiger partial charge in [-0.1, -0.05) is 31.5 Å². The standard InChI is InChI=1S/C14H24N2OS/c1-13(6-8-17-9-7-13)10-15-12-16-14(11-18-12)4-2-3-5-14/h2-11H2,1H3,(H,15,16). The quantitative estimate of drug-likeness (QED) is 0.836. The third-order valence-electron chi connectivity index (χ3n) is 4.72. The summed E-state index contributed by atoms with van der Waals surface area (Å²) in [6.45, 7) is 5.13. The Labute approximate surface area is 114 Å². The van der Waals surface area contributed by atoms with Gasteiger partial charge in [-0.15, -0.1) is 0 Å². The van der Waals surface area contributed by atoms with E-state index in [4.69, 9.17) is 9.73 Å². The Kier molecular flexibility index (Phi) is 3.59. The number of nitrogens with one attached hydrogen (secondary N) is 1. The average Bonchev–Trinajstić information content (AvgIpc) is 2.99. The molecule has 1 N–H and O–H groups in total. The maximum absolute atomic E-state index is 5.44. The first-order valence-corrected chi connectivity index (χ1v) is 8.22. The third kappa shape index (κ3) is 2.69. The molecule has 1 aliphatic carbocycles. The van der Waals surface area contributed by atoms with Crippen LogP contribution in [0.5, 0.6) is 0 Å². The smallest absolute Gasteiger partial charge is 0.157 e. The van der Waals surface area contributed by atoms with Crippen LogP contribution < -0.4 is 5.32 Å². The van der Waals surface area contributed by atoms with Gasteiger partial charge in [0.05, 0.1) is 0 Å². The van der Waals surface area contributed by atoms with Crippen molar-refractivity contribution in [1.29, 1.82) is 0 Å². The van der Waals surface area contributed by atoms with Crippen molar-refractivity contribution < 1.29 is 4.74 Å². The molecule has 102 valence electrons. The Hall–Kier alpha value is -0.220. The van der Waals surface area contributed by atoms with Gasteiger partial charge in [-0.05, 0) is 31.1 Å². The second kappa shape index (κ2) is 5.04. The molecule has 3 rings (SSSR count). The summed E-state index contributed by atoms with van der Waals surface area (Å²) in [7, 11) is 0. The molecular formula is C14H24N2OS. The lowest BCUT2D eigenvalue weighted by molar-refractivity contribution is 0.0283. The van der Waals surface area contributed by atoms with Gasteiger partial charge in [0.1, 0.15) is 0 Å². The highest BCUT2D eigenvalue weighted by molar-refractivity contribution is 8.14. The summed E-state index contributed by atoms with van der Waals surface area (Å²) in [5.41, 5.74) is 0.763. The van der Waals surface area contributed by atoms with Gasteiger partial charge in [-0.2, -0.15) is 0 Å². The molecule has 0 atom stereocenters. The van der Waals surface area contributed by atoms with Crippen molar-refractivity contribution in [3.05, 3.63) is 0 Å². The molecule has 2 aliphatic heterocycles. The van der Waals surface area contributed by atoms with Gasteiger partial charge in [-0.25, -0.2) is 0 Å². The van der Waals surface area contributed by atoms with Gasteiger partial charge in [0.25, 0.3) is 0 Å². The summed E-state index contributed by atoms with van der Waals surface area (Å²) in [4.78, 5) is 4.85. The first-order chi connectivity index (χ1) is 8.70. The third-order valence-corrected chi connectivity index (χ3v) is 5.92. The number of aliphatic imine (C=N–C) groups is 1. The Balaban J connectivity index is 1.57. The first-order valence-electron chi connectivity index (χ1n) is 7.23. The summed E-state index contributed by atoms with van der Waals surface area (Å²) >= 11 is 1.93. The summed E-state index contributed by atoms with van der Waals surface area (Å²) in [5, 5.41) is 4.90. The molecule has 18 heavy (non-hydrogen) atoms. The van der Waals surface area contributed by atoms with Crippen molar-refractivity contribution in [2.75, 3.05) is 25.5 Å². The van der Waals surface area contributed by atoms with Crippen LogP contribution in [0.25, 0.3) is 0 Å². The van der Waals surface area contributed by atoms with Crippen LogP contribution in [0.1, 0.15) is 45.4 Å². The number of amidine groups is 1. The van der Waals surface area contributed by atoms with Crippen molar-refractivity contribution in [3.8, 4) is 0 Å². The van der Waals surface area contributed by atoms with Crippen LogP contribution in [0.15, 0.2) is 4.99 Å². The highest BCUT2D eigenvalue weighted by Crippen LogP contribution is 2.38. The largest absolute Gasteiger partial charge is 0.381 e. The molecule has 0 aromatic heterocycles. The molecule has 4 heteroatoms. The molecule has 0 aromatic rings. The van der Waals surface area contributed by atoms with E-state index in [9.17, 15) is 0 Å². The molecule has 2 saturated heterocycles. The fourth-order valence-corrected chi connectivity index (χ4v) is 4.42. The van der Waals surface area contributed by atoms with E-state index in [1.165, 1.54) is 36.6 Å². The molecule has 0 bridgehead atoms. The number of hydrogen-bond acceptors (Lipinski definition) is 3. The molecule has 3 aliphatic rings. The van der Waals surface area contributed by atoms with Gasteiger partial charge >= 0.3 is 0 Å². The summed E-state index contributed by atoms with van der Waals surface area (Å²) in [5.74, 6) is 1.23. The van der Waals surface area contributed by atoms with E-state index in [2.05, 4.69) is 12.2 Å². The molecule has 0 amide bonds. The zero-order valence-corrected chi connectivity index (χ0v) is 12.2. The fourth-order valence-electron chi connectivity index (χ4n) is 3.20. The van der Waals surface area contributed by atoms with Crippen molar-refractivity contribution >= 4 is 16.9 Å². The molecule has 0 unspecified atom stereocenters. The monoisotopic (exact) mass is 268 g/mol. The van der Waals surface area contributed by atoms with Crippen LogP contribution in [0.2, 0.25) is 0 Å². The molecular weight excluding hydrogens is 244 g/mol. The summed E-state index contributed by atoms with van der Waals surface area (Å²) in [6.07, 6.45) is 7.75. The van der Waals surface area contributed by atoms with Crippen LogP contribution in [-0.4, -0.2) is 36.2 Å². The van der Waals surface area contributed by atoms with Crippen molar-refractivity contribution in [2.24, 2.45) is 10.4 Å². The van der Waals surface area contributed by atoms with E-state index in [1.54, 1.807) is 0 Å². The first kappa shape index (κ1) is 12.8. The van der Waals surface area contributed by atoms with E-state index < -0.39 is 0 Å². The topological polar surface area (TPSA) is 33.6 Å². The van der Waals surface area contributed by atoms with Gasteiger partial charge in [0, 0.05) is 31.1 Å². The predicted molar refractivity (Wildman–Crippen MR) is 77.3 cm³/mol. The summed E-state index contributed by atoms with van der Waals surface area (Å²) in [6, 6.07) is 0. The lowest BCUT2D eigenvalue weighted by Gasteiger charge is -2.32. The Morgan fingerprint density at radius 1 is 1.22 bits per heavy atom. The minimum atomic E-state index is 0.360. The van der Waals surface area contributed by atoms with Gasteiger partial charge < -0.3 is 10.1 Å². The minimum Gasteiger partial charge on any atom is -0.381 e. The van der Waals surface area contributed by atoms with Gasteiger partial charge in [-0.3, -0.25) is 4.99 Å². The molecule has 3 nitrogen and oxygen atoms in total. The number of ether oxygens (including phenoxy) is 1. The van der Waals surface area contributed by atoms with Crippen LogP contribution in [0.3, 0.4) is 0 Å². The van der Waals surface area contributed by atoms with E-state index >= 15 is 0 Å². The number of hydrogen-bond donors (Lipinski definition) is 1. The SMILES string of the molecule is CC1(CN=C2NC3(CCCC3)CS2)CCOCC1. The molecule has 2 heterocycles. The Morgan fingerprint density at radius 2 is 1.94 bits per heavy atom. The van der Waals surface area contributed by atoms with E-state index in [0.717, 1.165) is 32.6 Å². The minimum absolute atomic E-state index is 0.360. The summed E-state index contributed by atoms with van der Waals surface area (Å²) < 4.78 is 5.44. The zero-order valence-electron chi connectivity index (χ0n) is 11.3. The van der Waals surface area contributed by atoms with Crippen molar-refractivity contribution in [3.63, 3.8) is 0 Å². The lowest BCUT2D eigenvalue weighted by atomic mass is 9.83. The molecule has 1 spiro atoms. The molecule has 3 fully saturated rings. The molecule has 0 radical (unpaired) electrons. The Bertz CT molecular complexity index is 331. The predicted octanol–water partition coefficient (Wildman–Crippen LogP) is 2.81. The van der Waals surface area contributed by atoms with Crippen molar-refractivity contribution in [2.45, 2.75) is 51.0 Å². The van der Waals surface area contributed by atoms with Crippen LogP contribution in [0, 0.1) is 5.41 Å². The van der Waals surface area contributed by atoms with E-state index in [-0.39, 0.29) is 0 Å². The van der Waals surface area contributed by atoms with E-state index in [0.29, 0.717) is 11.0 Å². The number of thioether (sulfide) groups is 1. The molecule has 0 aromatic carbocycles.